The average Bonchev–Trinajstić information content (AvgIpc) is 3.21. The predicted molar refractivity (Wildman–Crippen MR) is 148 cm³/mol. The largest absolute Gasteiger partial charge is 0.478 e. The fourth-order valence-electron chi connectivity index (χ4n) is 5.36. The number of carbonyl (C=O) groups is 1. The first kappa shape index (κ1) is 26.9. The van der Waals surface area contributed by atoms with E-state index in [-0.39, 0.29) is 17.6 Å². The van der Waals surface area contributed by atoms with Crippen molar-refractivity contribution in [2.24, 2.45) is 5.92 Å². The normalized spacial score (nSPS) is 20.8. The SMILES string of the molecule is CS(=O)(=O)N1CC(COc2cccc(N3CCN(Cc4nc5ccc(C(=O)O)cc5n4CC4CCO4)CC3)n2)C1. The quantitative estimate of drug-likeness (QED) is 0.383. The number of ether oxygens (including phenoxy) is 2. The Morgan fingerprint density at radius 1 is 1.12 bits per heavy atom. The molecule has 1 N–H and O–H groups in total. The van der Waals surface area contributed by atoms with Gasteiger partial charge in [0, 0.05) is 57.9 Å². The molecule has 6 rings (SSSR count). The van der Waals surface area contributed by atoms with Crippen molar-refractivity contribution >= 4 is 32.8 Å². The summed E-state index contributed by atoms with van der Waals surface area (Å²) in [5.41, 5.74) is 1.88. The van der Waals surface area contributed by atoms with E-state index in [0.29, 0.717) is 38.7 Å². The second-order valence-corrected chi connectivity index (χ2v) is 12.8. The second-order valence-electron chi connectivity index (χ2n) is 10.8. The molecule has 1 atom stereocenters. The molecule has 12 nitrogen and oxygen atoms in total. The molecule has 13 heteroatoms. The van der Waals surface area contributed by atoms with Gasteiger partial charge in [-0.1, -0.05) is 6.07 Å². The number of carboxylic acid groups (broad SMARTS) is 1. The number of anilines is 1. The molecule has 0 amide bonds. The molecule has 0 radical (unpaired) electrons. The van der Waals surface area contributed by atoms with Crippen LogP contribution < -0.4 is 9.64 Å². The molecule has 1 aromatic carbocycles. The molecular weight excluding hydrogens is 536 g/mol. The third-order valence-electron chi connectivity index (χ3n) is 7.88. The monoisotopic (exact) mass is 570 g/mol. The Labute approximate surface area is 233 Å². The lowest BCUT2D eigenvalue weighted by Crippen LogP contribution is -2.51. The number of pyridine rings is 1. The van der Waals surface area contributed by atoms with E-state index in [1.165, 1.54) is 10.6 Å². The molecule has 1 unspecified atom stereocenters. The van der Waals surface area contributed by atoms with Crippen molar-refractivity contribution in [3.63, 3.8) is 0 Å². The van der Waals surface area contributed by atoms with Gasteiger partial charge in [0.15, 0.2) is 0 Å². The number of nitrogens with zero attached hydrogens (tertiary/aromatic N) is 6. The zero-order valence-electron chi connectivity index (χ0n) is 22.5. The Morgan fingerprint density at radius 3 is 2.58 bits per heavy atom. The summed E-state index contributed by atoms with van der Waals surface area (Å²) < 4.78 is 38.3. The molecule has 40 heavy (non-hydrogen) atoms. The first-order chi connectivity index (χ1) is 19.2. The van der Waals surface area contributed by atoms with E-state index in [0.717, 1.165) is 61.9 Å². The Bertz CT molecular complexity index is 1490. The number of hydrogen-bond donors (Lipinski definition) is 1. The number of fused-ring (bicyclic) bond motifs is 1. The van der Waals surface area contributed by atoms with E-state index in [4.69, 9.17) is 19.4 Å². The summed E-state index contributed by atoms with van der Waals surface area (Å²) in [6.45, 7) is 6.79. The lowest BCUT2D eigenvalue weighted by molar-refractivity contribution is -0.0592. The van der Waals surface area contributed by atoms with Gasteiger partial charge in [-0.05, 0) is 30.7 Å². The summed E-state index contributed by atoms with van der Waals surface area (Å²) >= 11 is 0. The van der Waals surface area contributed by atoms with Crippen LogP contribution in [0.1, 0.15) is 22.6 Å². The maximum Gasteiger partial charge on any atom is 0.335 e. The summed E-state index contributed by atoms with van der Waals surface area (Å²) in [5, 5.41) is 9.48. The minimum atomic E-state index is -3.13. The molecule has 3 aliphatic heterocycles. The van der Waals surface area contributed by atoms with Crippen molar-refractivity contribution < 1.29 is 27.8 Å². The van der Waals surface area contributed by atoms with Gasteiger partial charge in [0.1, 0.15) is 11.6 Å². The molecular formula is C27H34N6O6S. The topological polar surface area (TPSA) is 130 Å². The van der Waals surface area contributed by atoms with E-state index in [9.17, 15) is 18.3 Å². The summed E-state index contributed by atoms with van der Waals surface area (Å²) in [4.78, 5) is 25.7. The van der Waals surface area contributed by atoms with Crippen molar-refractivity contribution in [3.8, 4) is 5.88 Å². The van der Waals surface area contributed by atoms with Gasteiger partial charge in [-0.2, -0.15) is 4.98 Å². The summed E-state index contributed by atoms with van der Waals surface area (Å²) in [6.07, 6.45) is 2.35. The first-order valence-corrected chi connectivity index (χ1v) is 15.4. The van der Waals surface area contributed by atoms with Crippen molar-refractivity contribution in [2.45, 2.75) is 25.6 Å². The zero-order chi connectivity index (χ0) is 27.9. The smallest absolute Gasteiger partial charge is 0.335 e. The molecule has 2 aromatic heterocycles. The molecule has 3 saturated heterocycles. The molecule has 0 bridgehead atoms. The lowest BCUT2D eigenvalue weighted by atomic mass is 10.1. The number of piperazine rings is 1. The maximum absolute atomic E-state index is 11.6. The van der Waals surface area contributed by atoms with Crippen molar-refractivity contribution in [1.29, 1.82) is 0 Å². The molecule has 3 aromatic rings. The van der Waals surface area contributed by atoms with Crippen LogP contribution in [0.3, 0.4) is 0 Å². The molecule has 0 aliphatic carbocycles. The van der Waals surface area contributed by atoms with Crippen LogP contribution >= 0.6 is 0 Å². The van der Waals surface area contributed by atoms with Crippen molar-refractivity contribution in [1.82, 2.24) is 23.7 Å². The maximum atomic E-state index is 11.6. The molecule has 214 valence electrons. The van der Waals surface area contributed by atoms with Crippen molar-refractivity contribution in [2.75, 3.05) is 63.6 Å². The third-order valence-corrected chi connectivity index (χ3v) is 9.12. The van der Waals surface area contributed by atoms with Crippen LogP contribution in [0.15, 0.2) is 36.4 Å². The van der Waals surface area contributed by atoms with Crippen LogP contribution in [0, 0.1) is 5.92 Å². The van der Waals surface area contributed by atoms with E-state index < -0.39 is 16.0 Å². The summed E-state index contributed by atoms with van der Waals surface area (Å²) in [6, 6.07) is 10.8. The molecule has 5 heterocycles. The van der Waals surface area contributed by atoms with Crippen LogP contribution in [0.25, 0.3) is 11.0 Å². The van der Waals surface area contributed by atoms with Crippen LogP contribution in [0.2, 0.25) is 0 Å². The lowest BCUT2D eigenvalue weighted by Gasteiger charge is -2.37. The number of aromatic carboxylic acids is 1. The second kappa shape index (κ2) is 11.0. The fourth-order valence-corrected chi connectivity index (χ4v) is 6.32. The standard InChI is InChI=1S/C27H34N6O6S/c1-40(36,37)32-14-19(15-32)18-39-26-4-2-3-24(29-26)31-10-8-30(9-11-31)17-25-28-22-6-5-20(27(34)35)13-23(22)33(25)16-21-7-12-38-21/h2-6,13,19,21H,7-12,14-18H2,1H3,(H,34,35). The summed E-state index contributed by atoms with van der Waals surface area (Å²) in [7, 11) is -3.13. The van der Waals surface area contributed by atoms with Gasteiger partial charge in [0.25, 0.3) is 0 Å². The zero-order valence-corrected chi connectivity index (χ0v) is 23.3. The highest BCUT2D eigenvalue weighted by Crippen LogP contribution is 2.25. The van der Waals surface area contributed by atoms with Gasteiger partial charge >= 0.3 is 5.97 Å². The summed E-state index contributed by atoms with van der Waals surface area (Å²) in [5.74, 6) is 1.56. The Hall–Kier alpha value is -3.26. The molecule has 0 saturated carbocycles. The first-order valence-electron chi connectivity index (χ1n) is 13.6. The number of benzene rings is 1. The van der Waals surface area contributed by atoms with E-state index in [1.54, 1.807) is 18.2 Å². The molecule has 0 spiro atoms. The number of carboxylic acids is 1. The van der Waals surface area contributed by atoms with Gasteiger partial charge in [0.2, 0.25) is 15.9 Å². The number of sulfonamides is 1. The minimum Gasteiger partial charge on any atom is -0.478 e. The molecule has 3 aliphatic rings. The Morgan fingerprint density at radius 2 is 1.90 bits per heavy atom. The van der Waals surface area contributed by atoms with Gasteiger partial charge in [-0.25, -0.2) is 22.5 Å². The fraction of sp³-hybridized carbons (Fsp3) is 0.519. The number of rotatable bonds is 10. The highest BCUT2D eigenvalue weighted by atomic mass is 32.2. The number of hydrogen-bond acceptors (Lipinski definition) is 9. The van der Waals surface area contributed by atoms with E-state index in [2.05, 4.69) is 14.4 Å². The van der Waals surface area contributed by atoms with Crippen LogP contribution in [0.5, 0.6) is 5.88 Å². The van der Waals surface area contributed by atoms with Crippen LogP contribution in [-0.2, 0) is 27.8 Å². The van der Waals surface area contributed by atoms with E-state index in [1.807, 2.05) is 18.2 Å². The Kier molecular flexibility index (Phi) is 7.38. The minimum absolute atomic E-state index is 0.130. The van der Waals surface area contributed by atoms with Gasteiger partial charge < -0.3 is 24.0 Å². The molecule has 3 fully saturated rings. The highest BCUT2D eigenvalue weighted by molar-refractivity contribution is 7.88. The van der Waals surface area contributed by atoms with Gasteiger partial charge in [0.05, 0.1) is 48.7 Å². The third kappa shape index (κ3) is 5.78. The number of aromatic nitrogens is 3. The van der Waals surface area contributed by atoms with Crippen LogP contribution in [0.4, 0.5) is 5.82 Å². The highest BCUT2D eigenvalue weighted by Gasteiger charge is 2.33. The Balaban J connectivity index is 1.07. The van der Waals surface area contributed by atoms with Gasteiger partial charge in [-0.3, -0.25) is 4.90 Å². The van der Waals surface area contributed by atoms with Crippen LogP contribution in [-0.4, -0.2) is 108 Å². The average molecular weight is 571 g/mol. The number of imidazole rings is 1. The van der Waals surface area contributed by atoms with Gasteiger partial charge in [-0.15, -0.1) is 0 Å². The predicted octanol–water partition coefficient (Wildman–Crippen LogP) is 1.51. The van der Waals surface area contributed by atoms with Crippen molar-refractivity contribution in [3.05, 3.63) is 47.8 Å². The van der Waals surface area contributed by atoms with E-state index >= 15 is 0 Å².